The lowest BCUT2D eigenvalue weighted by molar-refractivity contribution is 0.160. The fourth-order valence-electron chi connectivity index (χ4n) is 0.614. The molecule has 0 saturated heterocycles. The van der Waals surface area contributed by atoms with Crippen LogP contribution in [0.4, 0.5) is 0 Å². The number of oxime groups is 1. The van der Waals surface area contributed by atoms with E-state index < -0.39 is 0 Å². The number of halogens is 2. The molecule has 4 nitrogen and oxygen atoms in total. The molecule has 0 N–H and O–H groups in total. The predicted molar refractivity (Wildman–Crippen MR) is 51.1 cm³/mol. The minimum absolute atomic E-state index is 0.158. The summed E-state index contributed by atoms with van der Waals surface area (Å²) in [5, 5.41) is 4.06. The normalized spacial score (nSPS) is 11.5. The van der Waals surface area contributed by atoms with Crippen LogP contribution in [0.2, 0.25) is 5.15 Å². The van der Waals surface area contributed by atoms with E-state index in [1.807, 2.05) is 0 Å². The molecular formula is C7H7Cl2N3O. The Balaban J connectivity index is 2.82. The number of rotatable bonds is 3. The second kappa shape index (κ2) is 4.99. The molecule has 0 amide bonds. The van der Waals surface area contributed by atoms with Gasteiger partial charge in [0.1, 0.15) is 23.8 Å². The molecular weight excluding hydrogens is 213 g/mol. The largest absolute Gasteiger partial charge is 0.395 e. The molecule has 6 heteroatoms. The van der Waals surface area contributed by atoms with Crippen molar-refractivity contribution in [1.29, 1.82) is 0 Å². The Hall–Kier alpha value is -0.870. The maximum Gasteiger partial charge on any atom is 0.194 e. The lowest BCUT2D eigenvalue weighted by Gasteiger charge is -1.97. The molecule has 0 unspecified atom stereocenters. The highest BCUT2D eigenvalue weighted by Crippen LogP contribution is 2.07. The summed E-state index contributed by atoms with van der Waals surface area (Å²) in [7, 11) is 0. The van der Waals surface area contributed by atoms with Gasteiger partial charge in [-0.05, 0) is 6.92 Å². The molecule has 0 fully saturated rings. The SMILES string of the molecule is CCO/N=C(\Cl)c1cc(Cl)ncn1. The molecule has 70 valence electrons. The molecule has 0 spiro atoms. The van der Waals surface area contributed by atoms with Crippen molar-refractivity contribution in [3.63, 3.8) is 0 Å². The van der Waals surface area contributed by atoms with Gasteiger partial charge >= 0.3 is 0 Å². The Morgan fingerprint density at radius 1 is 1.62 bits per heavy atom. The van der Waals surface area contributed by atoms with Gasteiger partial charge < -0.3 is 4.84 Å². The van der Waals surface area contributed by atoms with Gasteiger partial charge in [-0.1, -0.05) is 28.4 Å². The third kappa shape index (κ3) is 3.16. The van der Waals surface area contributed by atoms with E-state index in [0.717, 1.165) is 0 Å². The maximum absolute atomic E-state index is 5.73. The number of hydrogen-bond donors (Lipinski definition) is 0. The van der Waals surface area contributed by atoms with Crippen LogP contribution in [-0.4, -0.2) is 21.7 Å². The van der Waals surface area contributed by atoms with Gasteiger partial charge in [-0.25, -0.2) is 9.97 Å². The lowest BCUT2D eigenvalue weighted by Crippen LogP contribution is -1.97. The van der Waals surface area contributed by atoms with Crippen molar-refractivity contribution in [2.75, 3.05) is 6.61 Å². The van der Waals surface area contributed by atoms with Crippen LogP contribution in [0, 0.1) is 0 Å². The first-order valence-corrected chi connectivity index (χ1v) is 4.33. The fraction of sp³-hybridized carbons (Fsp3) is 0.286. The van der Waals surface area contributed by atoms with Gasteiger partial charge in [-0.3, -0.25) is 0 Å². The molecule has 0 aliphatic rings. The van der Waals surface area contributed by atoms with Gasteiger partial charge in [0, 0.05) is 6.07 Å². The van der Waals surface area contributed by atoms with Gasteiger partial charge in [0.25, 0.3) is 0 Å². The standard InChI is InChI=1S/C7H7Cl2N3O/c1-2-13-12-7(9)5-3-6(8)11-4-10-5/h3-4H,2H2,1H3/b12-7-. The van der Waals surface area contributed by atoms with Crippen molar-refractivity contribution < 1.29 is 4.84 Å². The van der Waals surface area contributed by atoms with E-state index in [9.17, 15) is 0 Å². The van der Waals surface area contributed by atoms with Gasteiger partial charge in [0.2, 0.25) is 0 Å². The average molecular weight is 220 g/mol. The molecule has 0 aromatic carbocycles. The Bertz CT molecular complexity index is 316. The molecule has 0 atom stereocenters. The van der Waals surface area contributed by atoms with Crippen molar-refractivity contribution in [2.45, 2.75) is 6.92 Å². The van der Waals surface area contributed by atoms with Gasteiger partial charge in [0.05, 0.1) is 0 Å². The van der Waals surface area contributed by atoms with Crippen LogP contribution in [0.25, 0.3) is 0 Å². The zero-order chi connectivity index (χ0) is 9.68. The van der Waals surface area contributed by atoms with Crippen molar-refractivity contribution in [3.05, 3.63) is 23.2 Å². The molecule has 0 saturated carbocycles. The first-order chi connectivity index (χ1) is 6.24. The highest BCUT2D eigenvalue weighted by Gasteiger charge is 2.02. The van der Waals surface area contributed by atoms with Gasteiger partial charge in [-0.15, -0.1) is 0 Å². The van der Waals surface area contributed by atoms with Crippen molar-refractivity contribution in [1.82, 2.24) is 9.97 Å². The van der Waals surface area contributed by atoms with Crippen LogP contribution in [0.5, 0.6) is 0 Å². The topological polar surface area (TPSA) is 47.4 Å². The van der Waals surface area contributed by atoms with E-state index in [1.54, 1.807) is 6.92 Å². The Morgan fingerprint density at radius 3 is 3.00 bits per heavy atom. The van der Waals surface area contributed by atoms with Crippen LogP contribution in [0.15, 0.2) is 17.5 Å². The molecule has 1 rings (SSSR count). The second-order valence-electron chi connectivity index (χ2n) is 2.03. The van der Waals surface area contributed by atoms with E-state index in [-0.39, 0.29) is 5.17 Å². The molecule has 13 heavy (non-hydrogen) atoms. The molecule has 0 aliphatic carbocycles. The van der Waals surface area contributed by atoms with E-state index in [0.29, 0.717) is 17.5 Å². The Kier molecular flexibility index (Phi) is 3.92. The number of aromatic nitrogens is 2. The second-order valence-corrected chi connectivity index (χ2v) is 2.77. The maximum atomic E-state index is 5.73. The third-order valence-corrected chi connectivity index (χ3v) is 1.59. The minimum atomic E-state index is 0.158. The summed E-state index contributed by atoms with van der Waals surface area (Å²) in [4.78, 5) is 12.3. The van der Waals surface area contributed by atoms with Crippen LogP contribution < -0.4 is 0 Å². The monoisotopic (exact) mass is 219 g/mol. The molecule has 1 heterocycles. The first kappa shape index (κ1) is 10.2. The number of hydrogen-bond acceptors (Lipinski definition) is 4. The minimum Gasteiger partial charge on any atom is -0.395 e. The summed E-state index contributed by atoms with van der Waals surface area (Å²) in [5.74, 6) is 0. The molecule has 0 radical (unpaired) electrons. The Labute approximate surface area is 85.5 Å². The first-order valence-electron chi connectivity index (χ1n) is 3.57. The van der Waals surface area contributed by atoms with Gasteiger partial charge in [-0.2, -0.15) is 0 Å². The molecule has 0 bridgehead atoms. The summed E-state index contributed by atoms with van der Waals surface area (Å²) in [6.45, 7) is 2.26. The molecule has 1 aromatic rings. The number of nitrogens with zero attached hydrogens (tertiary/aromatic N) is 3. The average Bonchev–Trinajstić information content (AvgIpc) is 2.14. The highest BCUT2D eigenvalue weighted by molar-refractivity contribution is 6.69. The van der Waals surface area contributed by atoms with Crippen molar-refractivity contribution in [2.24, 2.45) is 5.16 Å². The quantitative estimate of drug-likeness (QED) is 0.445. The van der Waals surface area contributed by atoms with E-state index in [2.05, 4.69) is 15.1 Å². The van der Waals surface area contributed by atoms with Crippen LogP contribution in [0.3, 0.4) is 0 Å². The lowest BCUT2D eigenvalue weighted by atomic mass is 10.4. The fourth-order valence-corrected chi connectivity index (χ4v) is 0.914. The molecule has 0 aliphatic heterocycles. The summed E-state index contributed by atoms with van der Waals surface area (Å²) in [6, 6.07) is 1.51. The zero-order valence-corrected chi connectivity index (χ0v) is 8.38. The smallest absolute Gasteiger partial charge is 0.194 e. The van der Waals surface area contributed by atoms with Crippen molar-refractivity contribution >= 4 is 28.4 Å². The predicted octanol–water partition coefficient (Wildman–Crippen LogP) is 2.07. The summed E-state index contributed by atoms with van der Waals surface area (Å²) >= 11 is 11.4. The summed E-state index contributed by atoms with van der Waals surface area (Å²) in [6.07, 6.45) is 1.31. The van der Waals surface area contributed by atoms with E-state index >= 15 is 0 Å². The van der Waals surface area contributed by atoms with Crippen molar-refractivity contribution in [3.8, 4) is 0 Å². The van der Waals surface area contributed by atoms with Gasteiger partial charge in [0.15, 0.2) is 5.17 Å². The summed E-state index contributed by atoms with van der Waals surface area (Å²) in [5.41, 5.74) is 0.440. The van der Waals surface area contributed by atoms with Crippen LogP contribution >= 0.6 is 23.2 Å². The molecule has 1 aromatic heterocycles. The summed E-state index contributed by atoms with van der Waals surface area (Å²) < 4.78 is 0. The third-order valence-electron chi connectivity index (χ3n) is 1.12. The Morgan fingerprint density at radius 2 is 2.38 bits per heavy atom. The van der Waals surface area contributed by atoms with Crippen LogP contribution in [-0.2, 0) is 4.84 Å². The van der Waals surface area contributed by atoms with E-state index in [4.69, 9.17) is 28.0 Å². The zero-order valence-electron chi connectivity index (χ0n) is 6.87. The van der Waals surface area contributed by atoms with E-state index in [1.165, 1.54) is 12.4 Å². The van der Waals surface area contributed by atoms with Crippen LogP contribution in [0.1, 0.15) is 12.6 Å². The highest BCUT2D eigenvalue weighted by atomic mass is 35.5.